The summed E-state index contributed by atoms with van der Waals surface area (Å²) >= 11 is 0. The number of anilines is 1. The standard InChI is InChI=1S/C18H20F2N2O2/c1-18(2,3)24-17(23)22-10-11-4-6-14(16(21)8-11)13-7-5-12(19)9-15(13)20/h4-9H,10,21H2,1-3H3,(H,22,23). The van der Waals surface area contributed by atoms with Crippen LogP contribution in [-0.4, -0.2) is 11.7 Å². The molecule has 0 saturated heterocycles. The number of alkyl carbamates (subject to hydrolysis) is 1. The molecule has 0 heterocycles. The minimum atomic E-state index is -0.679. The molecule has 2 rings (SSSR count). The van der Waals surface area contributed by atoms with E-state index in [1.165, 1.54) is 12.1 Å². The fourth-order valence-corrected chi connectivity index (χ4v) is 2.16. The first-order valence-electron chi connectivity index (χ1n) is 7.46. The zero-order chi connectivity index (χ0) is 17.9. The van der Waals surface area contributed by atoms with Crippen molar-refractivity contribution < 1.29 is 18.3 Å². The number of nitrogen functional groups attached to an aromatic ring is 1. The van der Waals surface area contributed by atoms with Crippen LogP contribution in [0.15, 0.2) is 36.4 Å². The lowest BCUT2D eigenvalue weighted by atomic mass is 10.0. The number of nitrogens with two attached hydrogens (primary N) is 1. The van der Waals surface area contributed by atoms with Crippen molar-refractivity contribution in [2.45, 2.75) is 32.9 Å². The Bertz CT molecular complexity index is 755. The average Bonchev–Trinajstić information content (AvgIpc) is 2.44. The fourth-order valence-electron chi connectivity index (χ4n) is 2.16. The van der Waals surface area contributed by atoms with Crippen LogP contribution >= 0.6 is 0 Å². The van der Waals surface area contributed by atoms with Gasteiger partial charge in [0.25, 0.3) is 0 Å². The molecule has 0 fully saturated rings. The van der Waals surface area contributed by atoms with Gasteiger partial charge in [-0.05, 0) is 44.5 Å². The molecule has 0 radical (unpaired) electrons. The Morgan fingerprint density at radius 3 is 2.38 bits per heavy atom. The maximum Gasteiger partial charge on any atom is 0.407 e. The van der Waals surface area contributed by atoms with Crippen molar-refractivity contribution in [1.82, 2.24) is 5.32 Å². The average molecular weight is 334 g/mol. The monoisotopic (exact) mass is 334 g/mol. The van der Waals surface area contributed by atoms with Crippen molar-refractivity contribution in [3.63, 3.8) is 0 Å². The Morgan fingerprint density at radius 2 is 1.79 bits per heavy atom. The van der Waals surface area contributed by atoms with Crippen LogP contribution < -0.4 is 11.1 Å². The Kier molecular flexibility index (Phi) is 5.07. The molecule has 6 heteroatoms. The van der Waals surface area contributed by atoms with Crippen LogP contribution in [0.5, 0.6) is 0 Å². The molecule has 0 bridgehead atoms. The van der Waals surface area contributed by atoms with Crippen molar-refractivity contribution in [1.29, 1.82) is 0 Å². The van der Waals surface area contributed by atoms with Gasteiger partial charge in [0.05, 0.1) is 0 Å². The van der Waals surface area contributed by atoms with Crippen molar-refractivity contribution in [2.24, 2.45) is 0 Å². The van der Waals surface area contributed by atoms with Crippen molar-refractivity contribution >= 4 is 11.8 Å². The molecule has 24 heavy (non-hydrogen) atoms. The summed E-state index contributed by atoms with van der Waals surface area (Å²) in [5.74, 6) is -1.32. The van der Waals surface area contributed by atoms with Gasteiger partial charge in [0.1, 0.15) is 17.2 Å². The van der Waals surface area contributed by atoms with E-state index in [-0.39, 0.29) is 12.1 Å². The number of rotatable bonds is 3. The van der Waals surface area contributed by atoms with Crippen molar-refractivity contribution in [2.75, 3.05) is 5.73 Å². The molecular formula is C18H20F2N2O2. The third kappa shape index (κ3) is 4.68. The molecular weight excluding hydrogens is 314 g/mol. The number of benzene rings is 2. The van der Waals surface area contributed by atoms with E-state index in [9.17, 15) is 13.6 Å². The van der Waals surface area contributed by atoms with Crippen LogP contribution in [0.2, 0.25) is 0 Å². The predicted octanol–water partition coefficient (Wildman–Crippen LogP) is 4.24. The normalized spacial score (nSPS) is 11.2. The summed E-state index contributed by atoms with van der Waals surface area (Å²) in [6.07, 6.45) is -0.533. The van der Waals surface area contributed by atoms with Gasteiger partial charge in [-0.15, -0.1) is 0 Å². The number of ether oxygens (including phenoxy) is 1. The van der Waals surface area contributed by atoms with Gasteiger partial charge in [-0.25, -0.2) is 13.6 Å². The molecule has 0 saturated carbocycles. The van der Waals surface area contributed by atoms with Crippen LogP contribution in [-0.2, 0) is 11.3 Å². The first-order valence-corrected chi connectivity index (χ1v) is 7.46. The summed E-state index contributed by atoms with van der Waals surface area (Å²) in [7, 11) is 0. The fraction of sp³-hybridized carbons (Fsp3) is 0.278. The quantitative estimate of drug-likeness (QED) is 0.825. The number of amides is 1. The van der Waals surface area contributed by atoms with Gasteiger partial charge in [-0.3, -0.25) is 0 Å². The van der Waals surface area contributed by atoms with Gasteiger partial charge in [-0.1, -0.05) is 12.1 Å². The molecule has 0 aliphatic carbocycles. The van der Waals surface area contributed by atoms with E-state index in [2.05, 4.69) is 5.32 Å². The Hall–Kier alpha value is -2.63. The van der Waals surface area contributed by atoms with Gasteiger partial charge in [0.15, 0.2) is 0 Å². The first-order chi connectivity index (χ1) is 11.2. The van der Waals surface area contributed by atoms with Crippen LogP contribution in [0.25, 0.3) is 11.1 Å². The first kappa shape index (κ1) is 17.7. The van der Waals surface area contributed by atoms with E-state index in [0.29, 0.717) is 11.3 Å². The van der Waals surface area contributed by atoms with Crippen molar-refractivity contribution in [3.8, 4) is 11.1 Å². The van der Waals surface area contributed by atoms with Gasteiger partial charge >= 0.3 is 6.09 Å². The largest absolute Gasteiger partial charge is 0.444 e. The summed E-state index contributed by atoms with van der Waals surface area (Å²) in [5.41, 5.74) is 7.15. The summed E-state index contributed by atoms with van der Waals surface area (Å²) in [6.45, 7) is 5.55. The number of hydrogen-bond acceptors (Lipinski definition) is 3. The highest BCUT2D eigenvalue weighted by molar-refractivity contribution is 5.77. The number of carbonyl (C=O) groups is 1. The van der Waals surface area contributed by atoms with E-state index in [1.54, 1.807) is 39.0 Å². The molecule has 0 unspecified atom stereocenters. The molecule has 4 nitrogen and oxygen atoms in total. The summed E-state index contributed by atoms with van der Waals surface area (Å²) in [6, 6.07) is 8.32. The molecule has 0 aliphatic heterocycles. The second-order valence-corrected chi connectivity index (χ2v) is 6.40. The van der Waals surface area contributed by atoms with Gasteiger partial charge in [0, 0.05) is 29.4 Å². The molecule has 0 aromatic heterocycles. The number of hydrogen-bond donors (Lipinski definition) is 2. The van der Waals surface area contributed by atoms with E-state index >= 15 is 0 Å². The summed E-state index contributed by atoms with van der Waals surface area (Å²) in [4.78, 5) is 11.6. The SMILES string of the molecule is CC(C)(C)OC(=O)NCc1ccc(-c2ccc(F)cc2F)c(N)c1. The summed E-state index contributed by atoms with van der Waals surface area (Å²) < 4.78 is 32.0. The molecule has 128 valence electrons. The topological polar surface area (TPSA) is 64.3 Å². The van der Waals surface area contributed by atoms with E-state index in [0.717, 1.165) is 11.6 Å². The molecule has 1 amide bonds. The lowest BCUT2D eigenvalue weighted by Gasteiger charge is -2.19. The zero-order valence-electron chi connectivity index (χ0n) is 13.8. The Morgan fingerprint density at radius 1 is 1.12 bits per heavy atom. The number of halogens is 2. The highest BCUT2D eigenvalue weighted by Gasteiger charge is 2.16. The maximum absolute atomic E-state index is 13.9. The maximum atomic E-state index is 13.9. The number of nitrogens with one attached hydrogen (secondary N) is 1. The Labute approximate surface area is 139 Å². The second kappa shape index (κ2) is 6.86. The highest BCUT2D eigenvalue weighted by Crippen LogP contribution is 2.29. The van der Waals surface area contributed by atoms with E-state index in [4.69, 9.17) is 10.5 Å². The molecule has 2 aromatic carbocycles. The predicted molar refractivity (Wildman–Crippen MR) is 89.3 cm³/mol. The summed E-state index contributed by atoms with van der Waals surface area (Å²) in [5, 5.41) is 2.62. The van der Waals surface area contributed by atoms with Crippen LogP contribution in [0.4, 0.5) is 19.3 Å². The minimum Gasteiger partial charge on any atom is -0.444 e. The lowest BCUT2D eigenvalue weighted by Crippen LogP contribution is -2.32. The van der Waals surface area contributed by atoms with Gasteiger partial charge in [0.2, 0.25) is 0 Å². The molecule has 3 N–H and O–H groups in total. The van der Waals surface area contributed by atoms with Crippen LogP contribution in [0.1, 0.15) is 26.3 Å². The number of carbonyl (C=O) groups excluding carboxylic acids is 1. The highest BCUT2D eigenvalue weighted by atomic mass is 19.1. The third-order valence-electron chi connectivity index (χ3n) is 3.17. The van der Waals surface area contributed by atoms with Crippen LogP contribution in [0, 0.1) is 11.6 Å². The van der Waals surface area contributed by atoms with Crippen molar-refractivity contribution in [3.05, 3.63) is 53.6 Å². The zero-order valence-corrected chi connectivity index (χ0v) is 13.8. The van der Waals surface area contributed by atoms with Gasteiger partial charge in [-0.2, -0.15) is 0 Å². The molecule has 0 atom stereocenters. The van der Waals surface area contributed by atoms with Crippen LogP contribution in [0.3, 0.4) is 0 Å². The smallest absolute Gasteiger partial charge is 0.407 e. The van der Waals surface area contributed by atoms with E-state index < -0.39 is 23.3 Å². The molecule has 0 spiro atoms. The van der Waals surface area contributed by atoms with Gasteiger partial charge < -0.3 is 15.8 Å². The molecule has 0 aliphatic rings. The lowest BCUT2D eigenvalue weighted by molar-refractivity contribution is 0.0523. The second-order valence-electron chi connectivity index (χ2n) is 6.40. The third-order valence-corrected chi connectivity index (χ3v) is 3.17. The minimum absolute atomic E-state index is 0.223. The molecule has 2 aromatic rings. The van der Waals surface area contributed by atoms with E-state index in [1.807, 2.05) is 0 Å². The Balaban J connectivity index is 2.11.